The lowest BCUT2D eigenvalue weighted by Gasteiger charge is -2.24. The molecule has 1 aromatic rings. The van der Waals surface area contributed by atoms with Crippen LogP contribution in [0.1, 0.15) is 24.0 Å². The van der Waals surface area contributed by atoms with Gasteiger partial charge in [-0.05, 0) is 24.9 Å². The predicted octanol–water partition coefficient (Wildman–Crippen LogP) is 1.03. The minimum absolute atomic E-state index is 0.0376. The fourth-order valence-corrected chi connectivity index (χ4v) is 2.80. The molecule has 0 bridgehead atoms. The number of thiocarbonyl (C=S) groups is 1. The van der Waals surface area contributed by atoms with Crippen LogP contribution < -0.4 is 11.1 Å². The molecule has 1 fully saturated rings. The molecule has 1 saturated heterocycles. The largest absolute Gasteiger partial charge is 0.389 e. The van der Waals surface area contributed by atoms with Gasteiger partial charge in [0.2, 0.25) is 5.91 Å². The van der Waals surface area contributed by atoms with E-state index in [4.69, 9.17) is 18.0 Å². The van der Waals surface area contributed by atoms with E-state index in [1.165, 1.54) is 0 Å². The van der Waals surface area contributed by atoms with E-state index in [0.29, 0.717) is 11.5 Å². The van der Waals surface area contributed by atoms with E-state index in [9.17, 15) is 4.79 Å². The van der Waals surface area contributed by atoms with Crippen LogP contribution in [0.25, 0.3) is 0 Å². The quantitative estimate of drug-likeness (QED) is 0.807. The molecule has 0 saturated carbocycles. The highest BCUT2D eigenvalue weighted by molar-refractivity contribution is 7.80. The van der Waals surface area contributed by atoms with Crippen LogP contribution in [0.4, 0.5) is 0 Å². The van der Waals surface area contributed by atoms with Gasteiger partial charge in [-0.3, -0.25) is 9.69 Å². The van der Waals surface area contributed by atoms with Crippen molar-refractivity contribution in [2.24, 2.45) is 5.73 Å². The van der Waals surface area contributed by atoms with Gasteiger partial charge in [0.05, 0.1) is 6.04 Å². The van der Waals surface area contributed by atoms with Crippen molar-refractivity contribution in [3.8, 4) is 0 Å². The summed E-state index contributed by atoms with van der Waals surface area (Å²) < 4.78 is 0. The number of carbonyl (C=O) groups is 1. The number of amides is 1. The number of nitrogens with one attached hydrogen (secondary N) is 1. The summed E-state index contributed by atoms with van der Waals surface area (Å²) in [7, 11) is 1.68. The molecule has 1 atom stereocenters. The van der Waals surface area contributed by atoms with E-state index in [0.717, 1.165) is 30.5 Å². The van der Waals surface area contributed by atoms with Crippen LogP contribution in [0.3, 0.4) is 0 Å². The van der Waals surface area contributed by atoms with Crippen molar-refractivity contribution in [1.29, 1.82) is 0 Å². The summed E-state index contributed by atoms with van der Waals surface area (Å²) in [4.78, 5) is 14.4. The Bertz CT molecular complexity index is 489. The standard InChI is InChI=1S/C14H19N3OS/c1-16-14(18)12-7-4-8-17(12)9-10-5-2-3-6-11(10)13(15)19/h2-3,5-6,12H,4,7-9H2,1H3,(H2,15,19)(H,16,18). The summed E-state index contributed by atoms with van der Waals surface area (Å²) in [5.74, 6) is 0.0882. The topological polar surface area (TPSA) is 58.4 Å². The summed E-state index contributed by atoms with van der Waals surface area (Å²) in [5, 5.41) is 2.73. The Morgan fingerprint density at radius 2 is 2.26 bits per heavy atom. The zero-order valence-corrected chi connectivity index (χ0v) is 11.9. The number of likely N-dealkylation sites (tertiary alicyclic amines) is 1. The van der Waals surface area contributed by atoms with Crippen molar-refractivity contribution >= 4 is 23.1 Å². The van der Waals surface area contributed by atoms with Gasteiger partial charge in [-0.15, -0.1) is 0 Å². The van der Waals surface area contributed by atoms with Crippen molar-refractivity contribution < 1.29 is 4.79 Å². The third kappa shape index (κ3) is 3.11. The highest BCUT2D eigenvalue weighted by Gasteiger charge is 2.30. The Labute approximate surface area is 119 Å². The Morgan fingerprint density at radius 3 is 2.95 bits per heavy atom. The molecule has 0 aromatic heterocycles. The molecule has 4 nitrogen and oxygen atoms in total. The van der Waals surface area contributed by atoms with E-state index in [1.807, 2.05) is 24.3 Å². The monoisotopic (exact) mass is 277 g/mol. The molecule has 2 rings (SSSR count). The lowest BCUT2D eigenvalue weighted by atomic mass is 10.1. The number of nitrogens with two attached hydrogens (primary N) is 1. The molecule has 1 aromatic carbocycles. The Balaban J connectivity index is 2.17. The fourth-order valence-electron chi connectivity index (χ4n) is 2.60. The number of hydrogen-bond donors (Lipinski definition) is 2. The van der Waals surface area contributed by atoms with E-state index in [2.05, 4.69) is 10.2 Å². The number of nitrogens with zero attached hydrogens (tertiary/aromatic N) is 1. The summed E-state index contributed by atoms with van der Waals surface area (Å²) in [6, 6.07) is 7.82. The average molecular weight is 277 g/mol. The molecular weight excluding hydrogens is 258 g/mol. The van der Waals surface area contributed by atoms with Gasteiger partial charge in [-0.2, -0.15) is 0 Å². The summed E-state index contributed by atoms with van der Waals surface area (Å²) in [6.07, 6.45) is 1.96. The number of hydrogen-bond acceptors (Lipinski definition) is 3. The molecule has 1 aliphatic rings. The van der Waals surface area contributed by atoms with Crippen molar-refractivity contribution in [2.45, 2.75) is 25.4 Å². The SMILES string of the molecule is CNC(=O)C1CCCN1Cc1ccccc1C(N)=S. The first-order valence-corrected chi connectivity index (χ1v) is 6.87. The molecule has 3 N–H and O–H groups in total. The molecule has 0 radical (unpaired) electrons. The summed E-state index contributed by atoms with van der Waals surface area (Å²) in [5.41, 5.74) is 7.73. The second-order valence-electron chi connectivity index (χ2n) is 4.76. The Hall–Kier alpha value is -1.46. The highest BCUT2D eigenvalue weighted by atomic mass is 32.1. The fraction of sp³-hybridized carbons (Fsp3) is 0.429. The average Bonchev–Trinajstić information content (AvgIpc) is 2.86. The smallest absolute Gasteiger partial charge is 0.237 e. The van der Waals surface area contributed by atoms with Gasteiger partial charge in [0.25, 0.3) is 0 Å². The maximum Gasteiger partial charge on any atom is 0.237 e. The van der Waals surface area contributed by atoms with E-state index in [1.54, 1.807) is 7.05 Å². The molecule has 19 heavy (non-hydrogen) atoms. The molecule has 1 amide bonds. The van der Waals surface area contributed by atoms with E-state index in [-0.39, 0.29) is 11.9 Å². The van der Waals surface area contributed by atoms with Crippen molar-refractivity contribution in [3.63, 3.8) is 0 Å². The van der Waals surface area contributed by atoms with Gasteiger partial charge in [-0.1, -0.05) is 36.5 Å². The van der Waals surface area contributed by atoms with Crippen LogP contribution in [0.15, 0.2) is 24.3 Å². The third-order valence-corrected chi connectivity index (χ3v) is 3.79. The third-order valence-electron chi connectivity index (χ3n) is 3.57. The van der Waals surface area contributed by atoms with Crippen molar-refractivity contribution in [1.82, 2.24) is 10.2 Å². The second kappa shape index (κ2) is 6.12. The summed E-state index contributed by atoms with van der Waals surface area (Å²) in [6.45, 7) is 1.65. The van der Waals surface area contributed by atoms with E-state index >= 15 is 0 Å². The van der Waals surface area contributed by atoms with Gasteiger partial charge in [0.1, 0.15) is 4.99 Å². The van der Waals surface area contributed by atoms with Crippen LogP contribution >= 0.6 is 12.2 Å². The number of likely N-dealkylation sites (N-methyl/N-ethyl adjacent to an activating group) is 1. The first-order valence-electron chi connectivity index (χ1n) is 6.47. The van der Waals surface area contributed by atoms with Crippen LogP contribution in [0, 0.1) is 0 Å². The van der Waals surface area contributed by atoms with Crippen LogP contribution in [-0.2, 0) is 11.3 Å². The maximum atomic E-state index is 11.8. The van der Waals surface area contributed by atoms with Gasteiger partial charge in [0.15, 0.2) is 0 Å². The first kappa shape index (κ1) is 14.0. The molecule has 5 heteroatoms. The molecule has 102 valence electrons. The number of benzene rings is 1. The minimum atomic E-state index is -0.0376. The van der Waals surface area contributed by atoms with Crippen molar-refractivity contribution in [2.75, 3.05) is 13.6 Å². The molecule has 0 aliphatic carbocycles. The Kier molecular flexibility index (Phi) is 4.50. The number of carbonyl (C=O) groups excluding carboxylic acids is 1. The van der Waals surface area contributed by atoms with Gasteiger partial charge in [-0.25, -0.2) is 0 Å². The predicted molar refractivity (Wildman–Crippen MR) is 79.8 cm³/mol. The highest BCUT2D eigenvalue weighted by Crippen LogP contribution is 2.21. The molecule has 0 spiro atoms. The van der Waals surface area contributed by atoms with Crippen molar-refractivity contribution in [3.05, 3.63) is 35.4 Å². The lowest BCUT2D eigenvalue weighted by Crippen LogP contribution is -2.41. The Morgan fingerprint density at radius 1 is 1.53 bits per heavy atom. The van der Waals surface area contributed by atoms with Gasteiger partial charge in [0, 0.05) is 19.2 Å². The van der Waals surface area contributed by atoms with Crippen LogP contribution in [-0.4, -0.2) is 35.4 Å². The summed E-state index contributed by atoms with van der Waals surface area (Å²) >= 11 is 5.07. The second-order valence-corrected chi connectivity index (χ2v) is 5.20. The zero-order chi connectivity index (χ0) is 13.8. The first-order chi connectivity index (χ1) is 9.13. The van der Waals surface area contributed by atoms with Crippen LogP contribution in [0.2, 0.25) is 0 Å². The van der Waals surface area contributed by atoms with Gasteiger partial charge < -0.3 is 11.1 Å². The zero-order valence-electron chi connectivity index (χ0n) is 11.1. The number of rotatable bonds is 4. The molecule has 1 heterocycles. The lowest BCUT2D eigenvalue weighted by molar-refractivity contribution is -0.125. The normalized spacial score (nSPS) is 19.3. The van der Waals surface area contributed by atoms with E-state index < -0.39 is 0 Å². The minimum Gasteiger partial charge on any atom is -0.389 e. The maximum absolute atomic E-state index is 11.8. The molecular formula is C14H19N3OS. The molecule has 1 unspecified atom stereocenters. The molecule has 1 aliphatic heterocycles. The van der Waals surface area contributed by atoms with Gasteiger partial charge >= 0.3 is 0 Å². The van der Waals surface area contributed by atoms with Crippen LogP contribution in [0.5, 0.6) is 0 Å².